The number of benzene rings is 2. The molecule has 4 aromatic rings. The molecule has 2 aromatic heterocycles. The van der Waals surface area contributed by atoms with Crippen LogP contribution in [0.1, 0.15) is 24.1 Å². The summed E-state index contributed by atoms with van der Waals surface area (Å²) >= 11 is 1.66. The SMILES string of the molecule is Cc1ccc(-c2csc(=Nc3cccnc3)n2C(C)c2ccccc2)cc1. The van der Waals surface area contributed by atoms with E-state index in [0.717, 1.165) is 10.5 Å². The van der Waals surface area contributed by atoms with Gasteiger partial charge in [-0.25, -0.2) is 4.99 Å². The summed E-state index contributed by atoms with van der Waals surface area (Å²) < 4.78 is 2.32. The van der Waals surface area contributed by atoms with Crippen LogP contribution in [0.2, 0.25) is 0 Å². The number of rotatable bonds is 4. The van der Waals surface area contributed by atoms with E-state index < -0.39 is 0 Å². The number of hydrogen-bond acceptors (Lipinski definition) is 3. The molecule has 0 fully saturated rings. The van der Waals surface area contributed by atoms with Gasteiger partial charge in [0.05, 0.1) is 23.6 Å². The molecular weight excluding hydrogens is 350 g/mol. The topological polar surface area (TPSA) is 30.2 Å². The summed E-state index contributed by atoms with van der Waals surface area (Å²) in [4.78, 5) is 10.0. The third kappa shape index (κ3) is 3.76. The molecule has 1 unspecified atom stereocenters. The standard InChI is InChI=1S/C23H21N3S/c1-17-10-12-20(13-11-17)22-16-27-23(25-21-9-6-14-24-15-21)26(22)18(2)19-7-4-3-5-8-19/h3-16,18H,1-2H3. The Hall–Kier alpha value is -2.98. The maximum atomic E-state index is 4.87. The van der Waals surface area contributed by atoms with Gasteiger partial charge in [-0.2, -0.15) is 0 Å². The lowest BCUT2D eigenvalue weighted by Crippen LogP contribution is -2.20. The summed E-state index contributed by atoms with van der Waals surface area (Å²) in [6, 6.07) is 23.3. The van der Waals surface area contributed by atoms with Gasteiger partial charge in [-0.1, -0.05) is 60.2 Å². The van der Waals surface area contributed by atoms with Gasteiger partial charge in [0.2, 0.25) is 0 Å². The summed E-state index contributed by atoms with van der Waals surface area (Å²) in [7, 11) is 0. The van der Waals surface area contributed by atoms with Crippen molar-refractivity contribution in [1.82, 2.24) is 9.55 Å². The molecular formula is C23H21N3S. The van der Waals surface area contributed by atoms with E-state index in [2.05, 4.69) is 83.4 Å². The molecule has 2 heterocycles. The van der Waals surface area contributed by atoms with Crippen molar-refractivity contribution in [1.29, 1.82) is 0 Å². The van der Waals surface area contributed by atoms with E-state index in [1.54, 1.807) is 23.7 Å². The van der Waals surface area contributed by atoms with Crippen LogP contribution in [0.4, 0.5) is 5.69 Å². The average Bonchev–Trinajstić information content (AvgIpc) is 3.13. The van der Waals surface area contributed by atoms with Crippen LogP contribution in [0.25, 0.3) is 11.3 Å². The number of hydrogen-bond donors (Lipinski definition) is 0. The number of thiazole rings is 1. The second kappa shape index (κ2) is 7.72. The van der Waals surface area contributed by atoms with Gasteiger partial charge in [0, 0.05) is 11.6 Å². The van der Waals surface area contributed by atoms with Crippen molar-refractivity contribution < 1.29 is 0 Å². The molecule has 2 aromatic carbocycles. The van der Waals surface area contributed by atoms with Crippen LogP contribution < -0.4 is 4.80 Å². The van der Waals surface area contributed by atoms with Crippen LogP contribution in [-0.2, 0) is 0 Å². The maximum absolute atomic E-state index is 4.87. The first kappa shape index (κ1) is 17.4. The Balaban J connectivity index is 1.90. The minimum atomic E-state index is 0.171. The summed E-state index contributed by atoms with van der Waals surface area (Å²) in [5.41, 5.74) is 5.77. The molecule has 0 spiro atoms. The Morgan fingerprint density at radius 1 is 0.963 bits per heavy atom. The smallest absolute Gasteiger partial charge is 0.191 e. The fourth-order valence-corrected chi connectivity index (χ4v) is 4.12. The first-order valence-corrected chi connectivity index (χ1v) is 9.87. The van der Waals surface area contributed by atoms with E-state index in [0.29, 0.717) is 0 Å². The van der Waals surface area contributed by atoms with Crippen molar-refractivity contribution in [2.24, 2.45) is 4.99 Å². The van der Waals surface area contributed by atoms with Crippen molar-refractivity contribution in [2.75, 3.05) is 0 Å². The molecule has 4 heteroatoms. The second-order valence-electron chi connectivity index (χ2n) is 6.55. The van der Waals surface area contributed by atoms with Gasteiger partial charge in [-0.15, -0.1) is 11.3 Å². The molecule has 0 N–H and O–H groups in total. The molecule has 0 radical (unpaired) electrons. The van der Waals surface area contributed by atoms with Crippen LogP contribution in [0.3, 0.4) is 0 Å². The highest BCUT2D eigenvalue weighted by molar-refractivity contribution is 7.07. The van der Waals surface area contributed by atoms with Gasteiger partial charge >= 0.3 is 0 Å². The van der Waals surface area contributed by atoms with E-state index in [-0.39, 0.29) is 6.04 Å². The van der Waals surface area contributed by atoms with E-state index in [1.807, 2.05) is 12.1 Å². The molecule has 0 aliphatic carbocycles. The zero-order valence-electron chi connectivity index (χ0n) is 15.4. The highest BCUT2D eigenvalue weighted by Crippen LogP contribution is 2.27. The fourth-order valence-electron chi connectivity index (χ4n) is 3.12. The fraction of sp³-hybridized carbons (Fsp3) is 0.130. The number of aryl methyl sites for hydroxylation is 1. The molecule has 1 atom stereocenters. The summed E-state index contributed by atoms with van der Waals surface area (Å²) in [6.07, 6.45) is 3.56. The van der Waals surface area contributed by atoms with Gasteiger partial charge in [0.15, 0.2) is 4.80 Å². The maximum Gasteiger partial charge on any atom is 0.191 e. The predicted octanol–water partition coefficient (Wildman–Crippen LogP) is 5.76. The average molecular weight is 372 g/mol. The molecule has 0 bridgehead atoms. The summed E-state index contributed by atoms with van der Waals surface area (Å²) in [5.74, 6) is 0. The van der Waals surface area contributed by atoms with Crippen molar-refractivity contribution in [3.8, 4) is 11.3 Å². The van der Waals surface area contributed by atoms with E-state index >= 15 is 0 Å². The minimum Gasteiger partial charge on any atom is -0.309 e. The van der Waals surface area contributed by atoms with Gasteiger partial charge < -0.3 is 4.57 Å². The second-order valence-corrected chi connectivity index (χ2v) is 7.39. The van der Waals surface area contributed by atoms with Crippen LogP contribution in [0, 0.1) is 6.92 Å². The molecule has 3 nitrogen and oxygen atoms in total. The quantitative estimate of drug-likeness (QED) is 0.448. The molecule has 0 aliphatic rings. The van der Waals surface area contributed by atoms with Gasteiger partial charge in [0.25, 0.3) is 0 Å². The minimum absolute atomic E-state index is 0.171. The largest absolute Gasteiger partial charge is 0.309 e. The highest BCUT2D eigenvalue weighted by Gasteiger charge is 2.15. The van der Waals surface area contributed by atoms with Crippen molar-refractivity contribution >= 4 is 17.0 Å². The van der Waals surface area contributed by atoms with Crippen LogP contribution in [-0.4, -0.2) is 9.55 Å². The Labute approximate surface area is 163 Å². The molecule has 0 saturated carbocycles. The lowest BCUT2D eigenvalue weighted by Gasteiger charge is -2.18. The normalized spacial score (nSPS) is 12.9. The molecule has 0 amide bonds. The third-order valence-electron chi connectivity index (χ3n) is 4.63. The zero-order chi connectivity index (χ0) is 18.6. The van der Waals surface area contributed by atoms with E-state index in [1.165, 1.54) is 22.4 Å². The zero-order valence-corrected chi connectivity index (χ0v) is 16.2. The van der Waals surface area contributed by atoms with Gasteiger partial charge in [0.1, 0.15) is 0 Å². The molecule has 27 heavy (non-hydrogen) atoms. The van der Waals surface area contributed by atoms with Gasteiger partial charge in [-0.05, 0) is 37.1 Å². The van der Waals surface area contributed by atoms with Crippen LogP contribution in [0.5, 0.6) is 0 Å². The monoisotopic (exact) mass is 371 g/mol. The van der Waals surface area contributed by atoms with Crippen molar-refractivity contribution in [3.05, 3.63) is 100 Å². The lowest BCUT2D eigenvalue weighted by molar-refractivity contribution is 0.628. The first-order valence-electron chi connectivity index (χ1n) is 8.99. The Morgan fingerprint density at radius 2 is 1.74 bits per heavy atom. The van der Waals surface area contributed by atoms with Crippen LogP contribution in [0.15, 0.2) is 89.5 Å². The Morgan fingerprint density at radius 3 is 2.44 bits per heavy atom. The molecule has 0 saturated heterocycles. The summed E-state index contributed by atoms with van der Waals surface area (Å²) in [5, 5.41) is 2.19. The van der Waals surface area contributed by atoms with Crippen LogP contribution >= 0.6 is 11.3 Å². The lowest BCUT2D eigenvalue weighted by atomic mass is 10.1. The van der Waals surface area contributed by atoms with Crippen molar-refractivity contribution in [3.63, 3.8) is 0 Å². The molecule has 4 rings (SSSR count). The Kier molecular flexibility index (Phi) is 4.99. The first-order chi connectivity index (χ1) is 13.2. The highest BCUT2D eigenvalue weighted by atomic mass is 32.1. The van der Waals surface area contributed by atoms with E-state index in [9.17, 15) is 0 Å². The number of aromatic nitrogens is 2. The van der Waals surface area contributed by atoms with Gasteiger partial charge in [-0.3, -0.25) is 4.98 Å². The molecule has 0 aliphatic heterocycles. The number of pyridine rings is 1. The predicted molar refractivity (Wildman–Crippen MR) is 112 cm³/mol. The Bertz CT molecular complexity index is 1080. The third-order valence-corrected chi connectivity index (χ3v) is 5.47. The number of nitrogens with zero attached hydrogens (tertiary/aromatic N) is 3. The molecule has 134 valence electrons. The summed E-state index contributed by atoms with van der Waals surface area (Å²) in [6.45, 7) is 4.34. The van der Waals surface area contributed by atoms with Crippen molar-refractivity contribution in [2.45, 2.75) is 19.9 Å². The van der Waals surface area contributed by atoms with E-state index in [4.69, 9.17) is 4.99 Å².